The lowest BCUT2D eigenvalue weighted by Gasteiger charge is -2.35. The van der Waals surface area contributed by atoms with Crippen LogP contribution in [0.3, 0.4) is 0 Å². The Labute approximate surface area is 368 Å². The third-order valence-electron chi connectivity index (χ3n) is 13.5. The molecule has 15 heteroatoms. The SMILES string of the molecule is Cc1noc(C)c1-c1ccc(NC2CCC(C)(O)CC2)c(NC(=O)[C@@H]2CCCC(=O)N2)c1.Cc1noc(C)c1-c1ccc2c(c1)nc([C@@H]1CCCC(=O)N1)n2C1CCC(C)(O)CC1. The van der Waals surface area contributed by atoms with E-state index in [-0.39, 0.29) is 35.8 Å². The van der Waals surface area contributed by atoms with Gasteiger partial charge in [0.05, 0.1) is 51.0 Å². The van der Waals surface area contributed by atoms with E-state index in [1.165, 1.54) is 0 Å². The van der Waals surface area contributed by atoms with E-state index in [4.69, 9.17) is 14.0 Å². The molecule has 2 atom stereocenters. The van der Waals surface area contributed by atoms with Crippen molar-refractivity contribution in [3.05, 3.63) is 65.1 Å². The Morgan fingerprint density at radius 2 is 1.32 bits per heavy atom. The monoisotopic (exact) mass is 862 g/mol. The smallest absolute Gasteiger partial charge is 0.247 e. The van der Waals surface area contributed by atoms with Crippen molar-refractivity contribution < 1.29 is 33.6 Å². The summed E-state index contributed by atoms with van der Waals surface area (Å²) in [6, 6.07) is 12.1. The highest BCUT2D eigenvalue weighted by Crippen LogP contribution is 2.41. The van der Waals surface area contributed by atoms with Gasteiger partial charge < -0.3 is 45.1 Å². The zero-order chi connectivity index (χ0) is 44.6. The van der Waals surface area contributed by atoms with Gasteiger partial charge in [0.2, 0.25) is 17.7 Å². The number of hydrogen-bond donors (Lipinski definition) is 6. The maximum Gasteiger partial charge on any atom is 0.247 e. The normalized spacial score (nSPS) is 26.3. The van der Waals surface area contributed by atoms with Gasteiger partial charge in [-0.05, 0) is 154 Å². The van der Waals surface area contributed by atoms with Gasteiger partial charge >= 0.3 is 0 Å². The Kier molecular flexibility index (Phi) is 12.5. The minimum atomic E-state index is -0.610. The van der Waals surface area contributed by atoms with Crippen LogP contribution in [0.2, 0.25) is 0 Å². The van der Waals surface area contributed by atoms with Gasteiger partial charge in [-0.15, -0.1) is 0 Å². The lowest BCUT2D eigenvalue weighted by Crippen LogP contribution is -2.46. The van der Waals surface area contributed by atoms with Crippen LogP contribution in [0.1, 0.15) is 145 Å². The van der Waals surface area contributed by atoms with Gasteiger partial charge in [0.25, 0.3) is 0 Å². The fourth-order valence-corrected chi connectivity index (χ4v) is 9.93. The maximum atomic E-state index is 13.0. The molecule has 6 N–H and O–H groups in total. The van der Waals surface area contributed by atoms with Crippen LogP contribution in [-0.4, -0.2) is 71.1 Å². The third-order valence-corrected chi connectivity index (χ3v) is 13.5. The van der Waals surface area contributed by atoms with Crippen LogP contribution in [0.5, 0.6) is 0 Å². The molecule has 3 amide bonds. The van der Waals surface area contributed by atoms with Crippen molar-refractivity contribution in [1.82, 2.24) is 30.5 Å². The minimum absolute atomic E-state index is 0.0707. The van der Waals surface area contributed by atoms with Crippen LogP contribution in [0, 0.1) is 27.7 Å². The quantitative estimate of drug-likeness (QED) is 0.0876. The topological polar surface area (TPSA) is 210 Å². The van der Waals surface area contributed by atoms with E-state index in [9.17, 15) is 24.6 Å². The Morgan fingerprint density at radius 1 is 0.746 bits per heavy atom. The van der Waals surface area contributed by atoms with Gasteiger partial charge in [-0.1, -0.05) is 22.4 Å². The van der Waals surface area contributed by atoms with E-state index in [1.54, 1.807) is 0 Å². The molecule has 5 heterocycles. The summed E-state index contributed by atoms with van der Waals surface area (Å²) in [5.74, 6) is 2.24. The first-order valence-corrected chi connectivity index (χ1v) is 22.7. The number of rotatable bonds is 8. The van der Waals surface area contributed by atoms with Gasteiger partial charge in [-0.3, -0.25) is 14.4 Å². The first-order chi connectivity index (χ1) is 30.0. The number of piperidine rings is 2. The summed E-state index contributed by atoms with van der Waals surface area (Å²) in [7, 11) is 0. The number of amides is 3. The third kappa shape index (κ3) is 9.84. The molecule has 0 bridgehead atoms. The molecule has 15 nitrogen and oxygen atoms in total. The molecule has 336 valence electrons. The summed E-state index contributed by atoms with van der Waals surface area (Å²) in [6.07, 6.45) is 10.7. The molecular weight excluding hydrogens is 801 g/mol. The molecule has 3 aromatic heterocycles. The highest BCUT2D eigenvalue weighted by Gasteiger charge is 2.35. The average Bonchev–Trinajstić information content (AvgIpc) is 3.91. The molecular formula is C48H62N8O7. The fourth-order valence-electron chi connectivity index (χ4n) is 9.93. The second-order valence-corrected chi connectivity index (χ2v) is 18.9. The summed E-state index contributed by atoms with van der Waals surface area (Å²) in [6.45, 7) is 11.4. The second-order valence-electron chi connectivity index (χ2n) is 18.9. The number of carbonyl (C=O) groups is 3. The zero-order valence-electron chi connectivity index (χ0n) is 37.4. The Balaban J connectivity index is 0.000000173. The van der Waals surface area contributed by atoms with Crippen LogP contribution in [0.4, 0.5) is 11.4 Å². The Bertz CT molecular complexity index is 2440. The summed E-state index contributed by atoms with van der Waals surface area (Å²) in [5.41, 5.74) is 7.79. The van der Waals surface area contributed by atoms with Crippen molar-refractivity contribution in [2.45, 2.75) is 167 Å². The maximum absolute atomic E-state index is 13.0. The number of aliphatic hydroxyl groups is 2. The van der Waals surface area contributed by atoms with Crippen LogP contribution in [0.25, 0.3) is 33.3 Å². The predicted octanol–water partition coefficient (Wildman–Crippen LogP) is 8.19. The number of benzene rings is 2. The molecule has 5 aromatic rings. The lowest BCUT2D eigenvalue weighted by atomic mass is 9.83. The summed E-state index contributed by atoms with van der Waals surface area (Å²) in [4.78, 5) is 41.9. The predicted molar refractivity (Wildman–Crippen MR) is 240 cm³/mol. The molecule has 2 saturated carbocycles. The van der Waals surface area contributed by atoms with Crippen LogP contribution in [0.15, 0.2) is 45.4 Å². The highest BCUT2D eigenvalue weighted by atomic mass is 16.5. The van der Waals surface area contributed by atoms with Crippen LogP contribution >= 0.6 is 0 Å². The molecule has 9 rings (SSSR count). The minimum Gasteiger partial charge on any atom is -0.390 e. The van der Waals surface area contributed by atoms with Crippen molar-refractivity contribution in [2.75, 3.05) is 10.6 Å². The first-order valence-electron chi connectivity index (χ1n) is 22.7. The molecule has 2 aromatic carbocycles. The van der Waals surface area contributed by atoms with Gasteiger partial charge in [0.15, 0.2) is 0 Å². The number of carbonyl (C=O) groups excluding carboxylic acids is 3. The van der Waals surface area contributed by atoms with Gasteiger partial charge in [-0.2, -0.15) is 0 Å². The van der Waals surface area contributed by atoms with E-state index in [2.05, 4.69) is 54.3 Å². The van der Waals surface area contributed by atoms with E-state index < -0.39 is 17.2 Å². The number of nitrogens with one attached hydrogen (secondary N) is 4. The number of imidazole rings is 1. The molecule has 0 spiro atoms. The number of fused-ring (bicyclic) bond motifs is 1. The van der Waals surface area contributed by atoms with Crippen LogP contribution in [-0.2, 0) is 14.4 Å². The Morgan fingerprint density at radius 3 is 1.90 bits per heavy atom. The standard InChI is InChI=1S/C24H32N4O4.C24H30N4O3/c1-14-22(15(2)32-28-14)16-7-8-18(25-17-9-11-24(3,31)12-10-17)20(13-16)27-23(30)19-5-4-6-21(29)26-19;1-14-22(15(2)31-27-14)16-7-8-20-19(13-16)26-23(18-5-4-6-21(29)25-18)28(20)17-9-11-24(3,30)12-10-17/h7-8,13,17,19,25,31H,4-6,9-12H2,1-3H3,(H,26,29)(H,27,30);7-8,13,17-18,30H,4-6,9-12H2,1-3H3,(H,25,29)/t17?,19-,24?;17?,18-,24?/m00/s1. The largest absolute Gasteiger partial charge is 0.390 e. The average molecular weight is 863 g/mol. The van der Waals surface area contributed by atoms with Crippen LogP contribution < -0.4 is 21.3 Å². The number of anilines is 2. The van der Waals surface area contributed by atoms with Crippen molar-refractivity contribution in [3.63, 3.8) is 0 Å². The number of nitrogens with zero attached hydrogens (tertiary/aromatic N) is 4. The van der Waals surface area contributed by atoms with Gasteiger partial charge in [0, 0.05) is 36.1 Å². The molecule has 2 aliphatic carbocycles. The number of aryl methyl sites for hydroxylation is 4. The van der Waals surface area contributed by atoms with Crippen molar-refractivity contribution in [3.8, 4) is 22.3 Å². The molecule has 2 saturated heterocycles. The van der Waals surface area contributed by atoms with E-state index >= 15 is 0 Å². The van der Waals surface area contributed by atoms with Crippen molar-refractivity contribution >= 4 is 40.1 Å². The van der Waals surface area contributed by atoms with E-state index in [0.717, 1.165) is 132 Å². The number of aromatic nitrogens is 4. The Hall–Kier alpha value is -5.54. The van der Waals surface area contributed by atoms with E-state index in [0.29, 0.717) is 31.4 Å². The molecule has 0 unspecified atom stereocenters. The van der Waals surface area contributed by atoms with Crippen molar-refractivity contribution in [2.24, 2.45) is 0 Å². The first kappa shape index (κ1) is 44.1. The van der Waals surface area contributed by atoms with Crippen molar-refractivity contribution in [1.29, 1.82) is 0 Å². The lowest BCUT2D eigenvalue weighted by molar-refractivity contribution is -0.128. The summed E-state index contributed by atoms with van der Waals surface area (Å²) < 4.78 is 13.0. The second kappa shape index (κ2) is 17.9. The molecule has 4 aliphatic rings. The molecule has 4 fully saturated rings. The molecule has 0 radical (unpaired) electrons. The molecule has 2 aliphatic heterocycles. The summed E-state index contributed by atoms with van der Waals surface area (Å²) >= 11 is 0. The van der Waals surface area contributed by atoms with Gasteiger partial charge in [0.1, 0.15) is 23.4 Å². The zero-order valence-corrected chi connectivity index (χ0v) is 37.4. The van der Waals surface area contributed by atoms with Gasteiger partial charge in [-0.25, -0.2) is 4.98 Å². The number of hydrogen-bond acceptors (Lipinski definition) is 11. The highest BCUT2D eigenvalue weighted by molar-refractivity contribution is 6.00. The molecule has 63 heavy (non-hydrogen) atoms. The van der Waals surface area contributed by atoms with E-state index in [1.807, 2.05) is 59.7 Å². The summed E-state index contributed by atoms with van der Waals surface area (Å²) in [5, 5.41) is 41.4. The fraction of sp³-hybridized carbons (Fsp3) is 0.542.